The van der Waals surface area contributed by atoms with Gasteiger partial charge in [0, 0.05) is 5.56 Å². The van der Waals surface area contributed by atoms with Gasteiger partial charge in [-0.3, -0.25) is 9.59 Å². The van der Waals surface area contributed by atoms with E-state index in [4.69, 9.17) is 9.84 Å². The van der Waals surface area contributed by atoms with E-state index in [1.165, 1.54) is 26.2 Å². The van der Waals surface area contributed by atoms with Gasteiger partial charge in [0.25, 0.3) is 5.91 Å². The Morgan fingerprint density at radius 2 is 1.95 bits per heavy atom. The molecule has 110 valence electrons. The van der Waals surface area contributed by atoms with Crippen LogP contribution in [0.15, 0.2) is 18.2 Å². The number of nitrogens with one attached hydrogen (secondary N) is 1. The van der Waals surface area contributed by atoms with Crippen molar-refractivity contribution in [2.24, 2.45) is 0 Å². The number of carboxylic acid groups (broad SMARTS) is 1. The van der Waals surface area contributed by atoms with Gasteiger partial charge in [-0.25, -0.2) is 0 Å². The first kappa shape index (κ1) is 15.7. The molecule has 20 heavy (non-hydrogen) atoms. The number of carboxylic acids is 1. The summed E-state index contributed by atoms with van der Waals surface area (Å²) in [5.74, 6) is -2.20. The van der Waals surface area contributed by atoms with Crippen molar-refractivity contribution >= 4 is 11.9 Å². The molecule has 0 aromatic heterocycles. The zero-order chi connectivity index (χ0) is 15.3. The summed E-state index contributed by atoms with van der Waals surface area (Å²) < 4.78 is 33.5. The van der Waals surface area contributed by atoms with Gasteiger partial charge in [-0.2, -0.15) is 8.78 Å². The van der Waals surface area contributed by atoms with Crippen LogP contribution < -0.4 is 14.8 Å². The third kappa shape index (κ3) is 4.08. The molecule has 0 saturated heterocycles. The second-order valence-electron chi connectivity index (χ2n) is 3.78. The summed E-state index contributed by atoms with van der Waals surface area (Å²) >= 11 is 0. The number of aliphatic carboxylic acids is 1. The number of hydrogen-bond donors (Lipinski definition) is 2. The lowest BCUT2D eigenvalue weighted by Gasteiger charge is -2.13. The maximum Gasteiger partial charge on any atom is 0.387 e. The van der Waals surface area contributed by atoms with Crippen molar-refractivity contribution in [1.29, 1.82) is 0 Å². The minimum atomic E-state index is -3.07. The molecule has 1 atom stereocenters. The fourth-order valence-electron chi connectivity index (χ4n) is 1.35. The molecule has 0 radical (unpaired) electrons. The van der Waals surface area contributed by atoms with Crippen molar-refractivity contribution < 1.29 is 33.0 Å². The Hall–Kier alpha value is -2.38. The predicted molar refractivity (Wildman–Crippen MR) is 64.2 cm³/mol. The van der Waals surface area contributed by atoms with Crippen LogP contribution in [0, 0.1) is 0 Å². The average molecular weight is 289 g/mol. The van der Waals surface area contributed by atoms with Crippen molar-refractivity contribution in [3.05, 3.63) is 23.8 Å². The van der Waals surface area contributed by atoms with Crippen molar-refractivity contribution in [2.45, 2.75) is 19.6 Å². The lowest BCUT2D eigenvalue weighted by atomic mass is 10.1. The maximum absolute atomic E-state index is 12.2. The molecular weight excluding hydrogens is 276 g/mol. The number of methoxy groups -OCH3 is 1. The minimum Gasteiger partial charge on any atom is -0.493 e. The summed E-state index contributed by atoms with van der Waals surface area (Å²) in [6, 6.07) is 2.53. The maximum atomic E-state index is 12.2. The Morgan fingerprint density at radius 1 is 1.30 bits per heavy atom. The summed E-state index contributed by atoms with van der Waals surface area (Å²) in [6.07, 6.45) is 0. The van der Waals surface area contributed by atoms with Crippen molar-refractivity contribution in [3.8, 4) is 11.5 Å². The summed E-state index contributed by atoms with van der Waals surface area (Å²) in [7, 11) is 1.26. The van der Waals surface area contributed by atoms with Crippen LogP contribution in [0.25, 0.3) is 0 Å². The number of carbonyl (C=O) groups is 2. The first-order valence-corrected chi connectivity index (χ1v) is 5.51. The topological polar surface area (TPSA) is 84.9 Å². The second kappa shape index (κ2) is 6.69. The molecule has 1 unspecified atom stereocenters. The molecule has 0 saturated carbocycles. The Bertz CT molecular complexity index is 507. The van der Waals surface area contributed by atoms with E-state index < -0.39 is 24.5 Å². The number of halogens is 2. The van der Waals surface area contributed by atoms with Gasteiger partial charge in [0.05, 0.1) is 7.11 Å². The smallest absolute Gasteiger partial charge is 0.387 e. The van der Waals surface area contributed by atoms with Crippen molar-refractivity contribution in [3.63, 3.8) is 0 Å². The number of hydrogen-bond acceptors (Lipinski definition) is 4. The first-order valence-electron chi connectivity index (χ1n) is 5.51. The highest BCUT2D eigenvalue weighted by Gasteiger charge is 2.18. The van der Waals surface area contributed by atoms with E-state index in [0.29, 0.717) is 0 Å². The number of rotatable bonds is 6. The molecule has 1 rings (SSSR count). The molecule has 0 heterocycles. The van der Waals surface area contributed by atoms with Gasteiger partial charge in [0.2, 0.25) is 0 Å². The van der Waals surface area contributed by atoms with Crippen LogP contribution in [0.2, 0.25) is 0 Å². The molecule has 1 aromatic carbocycles. The zero-order valence-corrected chi connectivity index (χ0v) is 10.7. The molecule has 2 N–H and O–H groups in total. The summed E-state index contributed by atoms with van der Waals surface area (Å²) in [6.45, 7) is -1.79. The lowest BCUT2D eigenvalue weighted by molar-refractivity contribution is -0.138. The van der Waals surface area contributed by atoms with Gasteiger partial charge in [-0.15, -0.1) is 0 Å². The normalized spacial score (nSPS) is 11.8. The van der Waals surface area contributed by atoms with E-state index in [-0.39, 0.29) is 17.1 Å². The van der Waals surface area contributed by atoms with Crippen LogP contribution in [0.1, 0.15) is 17.3 Å². The number of benzene rings is 1. The number of ether oxygens (including phenoxy) is 2. The Morgan fingerprint density at radius 3 is 2.45 bits per heavy atom. The van der Waals surface area contributed by atoms with Crippen LogP contribution in [-0.4, -0.2) is 36.7 Å². The molecule has 0 spiro atoms. The fraction of sp³-hybridized carbons (Fsp3) is 0.333. The van der Waals surface area contributed by atoms with Gasteiger partial charge in [-0.1, -0.05) is 0 Å². The van der Waals surface area contributed by atoms with Gasteiger partial charge >= 0.3 is 12.6 Å². The Kier molecular flexibility index (Phi) is 5.24. The number of carbonyl (C=O) groups excluding carboxylic acids is 1. The van der Waals surface area contributed by atoms with Crippen molar-refractivity contribution in [1.82, 2.24) is 5.32 Å². The highest BCUT2D eigenvalue weighted by Crippen LogP contribution is 2.29. The number of alkyl halides is 2. The molecule has 0 bridgehead atoms. The summed E-state index contributed by atoms with van der Waals surface area (Å²) in [5, 5.41) is 10.9. The van der Waals surface area contributed by atoms with Crippen LogP contribution >= 0.6 is 0 Å². The quantitative estimate of drug-likeness (QED) is 0.829. The largest absolute Gasteiger partial charge is 0.493 e. The fourth-order valence-corrected chi connectivity index (χ4v) is 1.35. The van der Waals surface area contributed by atoms with E-state index in [9.17, 15) is 18.4 Å². The van der Waals surface area contributed by atoms with Gasteiger partial charge < -0.3 is 19.9 Å². The molecule has 1 amide bonds. The molecule has 6 nitrogen and oxygen atoms in total. The Balaban J connectivity index is 2.96. The first-order chi connectivity index (χ1) is 9.35. The van der Waals surface area contributed by atoms with E-state index in [0.717, 1.165) is 6.07 Å². The molecule has 0 aliphatic heterocycles. The highest BCUT2D eigenvalue weighted by atomic mass is 19.3. The average Bonchev–Trinajstić information content (AvgIpc) is 2.37. The van der Waals surface area contributed by atoms with E-state index in [1.54, 1.807) is 0 Å². The third-order valence-electron chi connectivity index (χ3n) is 2.36. The summed E-state index contributed by atoms with van der Waals surface area (Å²) in [4.78, 5) is 22.4. The van der Waals surface area contributed by atoms with Crippen LogP contribution in [-0.2, 0) is 4.79 Å². The van der Waals surface area contributed by atoms with Crippen LogP contribution in [0.3, 0.4) is 0 Å². The van der Waals surface area contributed by atoms with Gasteiger partial charge in [0.1, 0.15) is 6.04 Å². The molecule has 8 heteroatoms. The highest BCUT2D eigenvalue weighted by molar-refractivity contribution is 5.97. The van der Waals surface area contributed by atoms with E-state index in [2.05, 4.69) is 10.1 Å². The van der Waals surface area contributed by atoms with Gasteiger partial charge in [0.15, 0.2) is 11.5 Å². The summed E-state index contributed by atoms with van der Waals surface area (Å²) in [5.41, 5.74) is -0.0189. The second-order valence-corrected chi connectivity index (χ2v) is 3.78. The molecule has 0 aliphatic carbocycles. The lowest BCUT2D eigenvalue weighted by Crippen LogP contribution is -2.38. The van der Waals surface area contributed by atoms with Gasteiger partial charge in [-0.05, 0) is 25.1 Å². The van der Waals surface area contributed by atoms with Crippen molar-refractivity contribution in [2.75, 3.05) is 7.11 Å². The molecule has 1 aromatic rings. The third-order valence-corrected chi connectivity index (χ3v) is 2.36. The molecule has 0 fully saturated rings. The molecular formula is C12H13F2NO5. The van der Waals surface area contributed by atoms with E-state index >= 15 is 0 Å². The Labute approximate surface area is 113 Å². The number of amides is 1. The van der Waals surface area contributed by atoms with Crippen LogP contribution in [0.4, 0.5) is 8.78 Å². The van der Waals surface area contributed by atoms with E-state index in [1.807, 2.05) is 0 Å². The standard InChI is InChI=1S/C12H13F2NO5/c1-6(11(17)18)15-10(16)7-3-4-8(19-2)9(5-7)20-12(13)14/h3-6,12H,1-2H3,(H,15,16)(H,17,18). The van der Waals surface area contributed by atoms with Crippen LogP contribution in [0.5, 0.6) is 11.5 Å². The minimum absolute atomic E-state index is 0.0189. The SMILES string of the molecule is COc1ccc(C(=O)NC(C)C(=O)O)cc1OC(F)F. The predicted octanol–water partition coefficient (Wildman–Crippen LogP) is 1.50. The monoisotopic (exact) mass is 289 g/mol. The molecule has 0 aliphatic rings. The zero-order valence-electron chi connectivity index (χ0n) is 10.7.